The van der Waals surface area contributed by atoms with Gasteiger partial charge in [0.1, 0.15) is 12.1 Å². The minimum atomic E-state index is -2.65. The molecule has 7 rings (SSSR count). The lowest BCUT2D eigenvalue weighted by atomic mass is 9.81. The summed E-state index contributed by atoms with van der Waals surface area (Å²) < 4.78 is 22.5. The second-order valence-corrected chi connectivity index (χ2v) is 16.4. The van der Waals surface area contributed by atoms with Crippen LogP contribution in [-0.2, 0) is 16.1 Å². The van der Waals surface area contributed by atoms with Crippen LogP contribution in [0.1, 0.15) is 79.6 Å². The first-order chi connectivity index (χ1) is 23.7. The fraction of sp³-hybridized carbons (Fsp3) is 0.410. The average Bonchev–Trinajstić information content (AvgIpc) is 3.72. The Hall–Kier alpha value is -4.12. The molecule has 0 atom stereocenters. The maximum absolute atomic E-state index is 14.1. The van der Waals surface area contributed by atoms with E-state index in [1.165, 1.54) is 12.0 Å². The van der Waals surface area contributed by atoms with Crippen molar-refractivity contribution in [1.29, 1.82) is 0 Å². The number of para-hydroxylation sites is 1. The lowest BCUT2D eigenvalue weighted by Gasteiger charge is -2.41. The zero-order valence-electron chi connectivity index (χ0n) is 27.9. The van der Waals surface area contributed by atoms with Crippen LogP contribution >= 0.6 is 10.6 Å². The molecule has 0 spiro atoms. The van der Waals surface area contributed by atoms with Gasteiger partial charge in [0.15, 0.2) is 0 Å². The van der Waals surface area contributed by atoms with Crippen LogP contribution in [0.5, 0.6) is 0 Å². The van der Waals surface area contributed by atoms with Crippen molar-refractivity contribution in [3.8, 4) is 11.3 Å². The summed E-state index contributed by atoms with van der Waals surface area (Å²) in [6, 6.07) is 25.3. The van der Waals surface area contributed by atoms with Crippen molar-refractivity contribution in [2.75, 3.05) is 29.9 Å². The SMILES string of the molecule is O=C(NC1(C(=O)Nc2ccccc2)CCCC1)c1ccc2c(C3CCCCC3)c(-c3ccccc3)n(CC(=O)N3CCS(O)(O)CC3)c2c1. The Kier molecular flexibility index (Phi) is 9.55. The van der Waals surface area contributed by atoms with Gasteiger partial charge in [-0.15, -0.1) is 0 Å². The third-order valence-electron chi connectivity index (χ3n) is 10.7. The van der Waals surface area contributed by atoms with Gasteiger partial charge in [-0.1, -0.05) is 86.7 Å². The van der Waals surface area contributed by atoms with Gasteiger partial charge in [0, 0.05) is 29.7 Å². The Bertz CT molecular complexity index is 1820. The number of benzene rings is 3. The lowest BCUT2D eigenvalue weighted by molar-refractivity contribution is -0.131. The van der Waals surface area contributed by atoms with E-state index >= 15 is 0 Å². The van der Waals surface area contributed by atoms with Crippen molar-refractivity contribution in [2.24, 2.45) is 0 Å². The first-order valence-electron chi connectivity index (χ1n) is 17.6. The van der Waals surface area contributed by atoms with Crippen LogP contribution in [0.3, 0.4) is 0 Å². The summed E-state index contributed by atoms with van der Waals surface area (Å²) in [5.41, 5.74) is 4.20. The minimum Gasteiger partial charge on any atom is -0.338 e. The average molecular weight is 683 g/mol. The van der Waals surface area contributed by atoms with Gasteiger partial charge in [0.05, 0.1) is 22.7 Å². The number of fused-ring (bicyclic) bond motifs is 1. The predicted molar refractivity (Wildman–Crippen MR) is 196 cm³/mol. The van der Waals surface area contributed by atoms with E-state index in [4.69, 9.17) is 0 Å². The van der Waals surface area contributed by atoms with Gasteiger partial charge < -0.3 is 20.1 Å². The highest BCUT2D eigenvalue weighted by molar-refractivity contribution is 8.24. The second kappa shape index (κ2) is 14.0. The molecular formula is C39H46N4O5S. The monoisotopic (exact) mass is 682 g/mol. The number of nitrogens with zero attached hydrogens (tertiary/aromatic N) is 2. The molecule has 0 unspecified atom stereocenters. The summed E-state index contributed by atoms with van der Waals surface area (Å²) in [6.45, 7) is 0.676. The standard InChI is InChI=1S/C39H46N4O5S/c44-34(42-22-24-49(47,48)25-23-42)27-43-33-26-30(37(45)41-39(20-10-11-21-39)38(46)40-31-16-8-3-9-17-31)18-19-32(33)35(28-12-4-1-5-13-28)36(43)29-14-6-2-7-15-29/h2-3,6-9,14-19,26,28,47-48H,1,4-5,10-13,20-25,27H2,(H,40,46)(H,41,45). The molecule has 1 aliphatic heterocycles. The number of hydrogen-bond acceptors (Lipinski definition) is 5. The smallest absolute Gasteiger partial charge is 0.252 e. The Morgan fingerprint density at radius 3 is 2.14 bits per heavy atom. The molecule has 4 N–H and O–H groups in total. The topological polar surface area (TPSA) is 124 Å². The predicted octanol–water partition coefficient (Wildman–Crippen LogP) is 7.63. The molecule has 0 radical (unpaired) electrons. The van der Waals surface area contributed by atoms with E-state index < -0.39 is 16.1 Å². The third-order valence-corrected chi connectivity index (χ3v) is 12.4. The maximum atomic E-state index is 14.1. The van der Waals surface area contributed by atoms with E-state index in [2.05, 4.69) is 27.3 Å². The molecule has 9 nitrogen and oxygen atoms in total. The van der Waals surface area contributed by atoms with Crippen LogP contribution in [-0.4, -0.2) is 66.4 Å². The fourth-order valence-electron chi connectivity index (χ4n) is 8.05. The summed E-state index contributed by atoms with van der Waals surface area (Å²) in [6.07, 6.45) is 8.48. The van der Waals surface area contributed by atoms with Crippen molar-refractivity contribution in [3.63, 3.8) is 0 Å². The highest BCUT2D eigenvalue weighted by Crippen LogP contribution is 2.45. The van der Waals surface area contributed by atoms with E-state index in [1.807, 2.05) is 66.7 Å². The van der Waals surface area contributed by atoms with Crippen LogP contribution in [0, 0.1) is 0 Å². The number of nitrogens with one attached hydrogen (secondary N) is 2. The zero-order chi connectivity index (χ0) is 34.0. The molecule has 0 bridgehead atoms. The zero-order valence-corrected chi connectivity index (χ0v) is 28.7. The molecule has 49 heavy (non-hydrogen) atoms. The van der Waals surface area contributed by atoms with Crippen LogP contribution < -0.4 is 10.6 Å². The molecule has 2 heterocycles. The highest BCUT2D eigenvalue weighted by atomic mass is 32.3. The van der Waals surface area contributed by atoms with Crippen LogP contribution in [0.4, 0.5) is 5.69 Å². The minimum absolute atomic E-state index is 0.0706. The van der Waals surface area contributed by atoms with E-state index in [-0.39, 0.29) is 35.8 Å². The van der Waals surface area contributed by atoms with Crippen molar-refractivity contribution in [2.45, 2.75) is 75.8 Å². The number of rotatable bonds is 8. The number of amides is 3. The quantitative estimate of drug-likeness (QED) is 0.152. The second-order valence-electron chi connectivity index (χ2n) is 13.9. The summed E-state index contributed by atoms with van der Waals surface area (Å²) in [4.78, 5) is 43.4. The summed E-state index contributed by atoms with van der Waals surface area (Å²) >= 11 is 0. The molecule has 3 fully saturated rings. The molecule has 1 aromatic heterocycles. The van der Waals surface area contributed by atoms with E-state index in [9.17, 15) is 23.5 Å². The van der Waals surface area contributed by atoms with Crippen molar-refractivity contribution < 1.29 is 23.5 Å². The summed E-state index contributed by atoms with van der Waals surface area (Å²) in [5.74, 6) is 0.101. The van der Waals surface area contributed by atoms with E-state index in [1.54, 1.807) is 4.90 Å². The molecule has 1 saturated heterocycles. The molecule has 3 amide bonds. The molecule has 2 saturated carbocycles. The third kappa shape index (κ3) is 7.00. The molecule has 10 heteroatoms. The number of anilines is 1. The van der Waals surface area contributed by atoms with Gasteiger partial charge in [0.2, 0.25) is 11.8 Å². The Morgan fingerprint density at radius 1 is 0.816 bits per heavy atom. The molecular weight excluding hydrogens is 637 g/mol. The van der Waals surface area contributed by atoms with Gasteiger partial charge in [-0.05, 0) is 67.0 Å². The highest BCUT2D eigenvalue weighted by Gasteiger charge is 2.43. The molecule has 4 aromatic rings. The number of aromatic nitrogens is 1. The lowest BCUT2D eigenvalue weighted by Crippen LogP contribution is -2.55. The van der Waals surface area contributed by atoms with Gasteiger partial charge in [-0.25, -0.2) is 0 Å². The van der Waals surface area contributed by atoms with E-state index in [0.29, 0.717) is 43.1 Å². The summed E-state index contributed by atoms with van der Waals surface area (Å²) in [7, 11) is -2.65. The maximum Gasteiger partial charge on any atom is 0.252 e. The molecule has 2 aliphatic carbocycles. The number of carbonyl (C=O) groups is 3. The Morgan fingerprint density at radius 2 is 1.47 bits per heavy atom. The fourth-order valence-corrected chi connectivity index (χ4v) is 9.28. The Labute approximate surface area is 289 Å². The van der Waals surface area contributed by atoms with Gasteiger partial charge in [-0.2, -0.15) is 10.6 Å². The van der Waals surface area contributed by atoms with Gasteiger partial charge >= 0.3 is 0 Å². The van der Waals surface area contributed by atoms with Crippen LogP contribution in [0.25, 0.3) is 22.2 Å². The van der Waals surface area contributed by atoms with Crippen molar-refractivity contribution in [3.05, 3.63) is 90.0 Å². The van der Waals surface area contributed by atoms with E-state index in [0.717, 1.165) is 60.7 Å². The van der Waals surface area contributed by atoms with Gasteiger partial charge in [-0.3, -0.25) is 23.5 Å². The van der Waals surface area contributed by atoms with Gasteiger partial charge in [0.25, 0.3) is 5.91 Å². The Balaban J connectivity index is 1.28. The largest absolute Gasteiger partial charge is 0.338 e. The summed E-state index contributed by atoms with van der Waals surface area (Å²) in [5, 5.41) is 7.20. The number of hydrogen-bond donors (Lipinski definition) is 4. The van der Waals surface area contributed by atoms with Crippen LogP contribution in [0.15, 0.2) is 78.9 Å². The first-order valence-corrected chi connectivity index (χ1v) is 19.5. The van der Waals surface area contributed by atoms with Crippen molar-refractivity contribution >= 4 is 44.9 Å². The first kappa shape index (κ1) is 33.4. The number of carbonyl (C=O) groups excluding carboxylic acids is 3. The van der Waals surface area contributed by atoms with Crippen molar-refractivity contribution in [1.82, 2.24) is 14.8 Å². The molecule has 258 valence electrons. The molecule has 3 aromatic carbocycles. The normalized spacial score (nSPS) is 19.8. The van der Waals surface area contributed by atoms with Crippen LogP contribution in [0.2, 0.25) is 0 Å². The molecule has 3 aliphatic rings.